The van der Waals surface area contributed by atoms with Crippen LogP contribution in [0.4, 0.5) is 0 Å². The van der Waals surface area contributed by atoms with Gasteiger partial charge in [0.1, 0.15) is 0 Å². The molecule has 3 aromatic rings. The number of nitrogens with one attached hydrogen (secondary N) is 1. The minimum Gasteiger partial charge on any atom is -0.459 e. The van der Waals surface area contributed by atoms with Crippen LogP contribution in [0.1, 0.15) is 44.3 Å². The van der Waals surface area contributed by atoms with Crippen LogP contribution in [0.15, 0.2) is 59.2 Å². The summed E-state index contributed by atoms with van der Waals surface area (Å²) in [6, 6.07) is 14.9. The van der Waals surface area contributed by atoms with Gasteiger partial charge in [0.15, 0.2) is 12.4 Å². The molecule has 0 aliphatic heterocycles. The Hall–Kier alpha value is -3.61. The molecule has 156 valence electrons. The Balaban J connectivity index is 1.49. The van der Waals surface area contributed by atoms with Gasteiger partial charge in [-0.15, -0.1) is 0 Å². The average molecular weight is 408 g/mol. The predicted octanol–water partition coefficient (Wildman–Crippen LogP) is 3.29. The molecule has 1 amide bonds. The monoisotopic (exact) mass is 408 g/mol. The van der Waals surface area contributed by atoms with E-state index in [0.717, 1.165) is 17.0 Å². The molecule has 7 heteroatoms. The van der Waals surface area contributed by atoms with Crippen LogP contribution in [-0.4, -0.2) is 35.4 Å². The van der Waals surface area contributed by atoms with Gasteiger partial charge in [0, 0.05) is 30.0 Å². The Labute approximate surface area is 174 Å². The third-order valence-electron chi connectivity index (χ3n) is 4.78. The molecule has 0 aliphatic carbocycles. The summed E-state index contributed by atoms with van der Waals surface area (Å²) >= 11 is 0. The van der Waals surface area contributed by atoms with Gasteiger partial charge >= 0.3 is 5.97 Å². The topological polar surface area (TPSA) is 90.5 Å². The summed E-state index contributed by atoms with van der Waals surface area (Å²) in [5.74, 6) is -1.05. The molecule has 0 aliphatic rings. The number of aromatic nitrogens is 1. The van der Waals surface area contributed by atoms with Gasteiger partial charge in [0.25, 0.3) is 5.91 Å². The number of carbonyl (C=O) groups is 3. The molecule has 2 aromatic heterocycles. The van der Waals surface area contributed by atoms with Crippen LogP contribution in [0.25, 0.3) is 0 Å². The van der Waals surface area contributed by atoms with Crippen LogP contribution in [0, 0.1) is 13.8 Å². The highest BCUT2D eigenvalue weighted by Crippen LogP contribution is 2.18. The number of furan rings is 1. The molecule has 0 saturated heterocycles. The van der Waals surface area contributed by atoms with E-state index in [0.29, 0.717) is 12.1 Å². The van der Waals surface area contributed by atoms with E-state index in [1.807, 2.05) is 50.2 Å². The minimum absolute atomic E-state index is 0.0350. The molecular weight excluding hydrogens is 384 g/mol. The van der Waals surface area contributed by atoms with Gasteiger partial charge in [-0.1, -0.05) is 30.3 Å². The van der Waals surface area contributed by atoms with Crippen LogP contribution in [0.5, 0.6) is 0 Å². The van der Waals surface area contributed by atoms with Gasteiger partial charge in [-0.3, -0.25) is 14.4 Å². The molecule has 1 N–H and O–H groups in total. The van der Waals surface area contributed by atoms with Crippen LogP contribution in [-0.2, 0) is 16.1 Å². The van der Waals surface area contributed by atoms with Crippen molar-refractivity contribution in [2.24, 2.45) is 0 Å². The van der Waals surface area contributed by atoms with Crippen molar-refractivity contribution >= 4 is 17.7 Å². The standard InChI is InChI=1S/C23H24N2O5/c1-16-13-19(17(2)25(16)14-18-7-4-3-5-8-18)20(26)15-30-22(27)10-11-24-23(28)21-9-6-12-29-21/h3-9,12-13H,10-11,14-15H2,1-2H3,(H,24,28). The fraction of sp³-hybridized carbons (Fsp3) is 0.261. The summed E-state index contributed by atoms with van der Waals surface area (Å²) < 4.78 is 12.1. The molecule has 0 spiro atoms. The van der Waals surface area contributed by atoms with Crippen LogP contribution < -0.4 is 5.32 Å². The Morgan fingerprint density at radius 2 is 1.83 bits per heavy atom. The molecule has 1 aromatic carbocycles. The molecule has 3 rings (SSSR count). The maximum Gasteiger partial charge on any atom is 0.308 e. The van der Waals surface area contributed by atoms with E-state index in [1.165, 1.54) is 12.3 Å². The first-order chi connectivity index (χ1) is 14.5. The van der Waals surface area contributed by atoms with E-state index in [-0.39, 0.29) is 31.1 Å². The molecule has 0 saturated carbocycles. The van der Waals surface area contributed by atoms with E-state index in [4.69, 9.17) is 9.15 Å². The number of aryl methyl sites for hydroxylation is 1. The van der Waals surface area contributed by atoms with Gasteiger partial charge in [0.05, 0.1) is 12.7 Å². The molecule has 0 unspecified atom stereocenters. The number of carbonyl (C=O) groups excluding carboxylic acids is 3. The maximum absolute atomic E-state index is 12.6. The summed E-state index contributed by atoms with van der Waals surface area (Å²) in [4.78, 5) is 36.2. The van der Waals surface area contributed by atoms with Gasteiger partial charge < -0.3 is 19.0 Å². The quantitative estimate of drug-likeness (QED) is 0.433. The highest BCUT2D eigenvalue weighted by molar-refractivity contribution is 5.99. The van der Waals surface area contributed by atoms with Crippen molar-refractivity contribution < 1.29 is 23.5 Å². The van der Waals surface area contributed by atoms with Crippen molar-refractivity contribution in [2.75, 3.05) is 13.2 Å². The average Bonchev–Trinajstić information content (AvgIpc) is 3.37. The Morgan fingerprint density at radius 1 is 1.07 bits per heavy atom. The van der Waals surface area contributed by atoms with Gasteiger partial charge in [-0.05, 0) is 37.6 Å². The lowest BCUT2D eigenvalue weighted by atomic mass is 10.1. The summed E-state index contributed by atoms with van der Waals surface area (Å²) in [5.41, 5.74) is 3.48. The van der Waals surface area contributed by atoms with E-state index < -0.39 is 11.9 Å². The first kappa shape index (κ1) is 21.1. The molecule has 0 fully saturated rings. The Kier molecular flexibility index (Phi) is 6.85. The first-order valence-electron chi connectivity index (χ1n) is 9.67. The molecule has 0 bridgehead atoms. The zero-order valence-electron chi connectivity index (χ0n) is 17.0. The number of ether oxygens (including phenoxy) is 1. The van der Waals surface area contributed by atoms with Crippen LogP contribution in [0.2, 0.25) is 0 Å². The van der Waals surface area contributed by atoms with E-state index in [1.54, 1.807) is 6.07 Å². The Morgan fingerprint density at radius 3 is 2.53 bits per heavy atom. The second kappa shape index (κ2) is 9.73. The second-order valence-electron chi connectivity index (χ2n) is 6.92. The number of esters is 1. The molecule has 0 atom stereocenters. The number of hydrogen-bond acceptors (Lipinski definition) is 5. The predicted molar refractivity (Wildman–Crippen MR) is 110 cm³/mol. The lowest BCUT2D eigenvalue weighted by molar-refractivity contribution is -0.142. The molecule has 7 nitrogen and oxygen atoms in total. The zero-order chi connectivity index (χ0) is 21.5. The number of ketones is 1. The largest absolute Gasteiger partial charge is 0.459 e. The molecular formula is C23H24N2O5. The van der Waals surface area contributed by atoms with E-state index in [2.05, 4.69) is 9.88 Å². The number of benzene rings is 1. The fourth-order valence-corrected chi connectivity index (χ4v) is 3.16. The maximum atomic E-state index is 12.6. The SMILES string of the molecule is Cc1cc(C(=O)COC(=O)CCNC(=O)c2ccco2)c(C)n1Cc1ccccc1. The van der Waals surface area contributed by atoms with Crippen molar-refractivity contribution in [3.8, 4) is 0 Å². The van der Waals surface area contributed by atoms with Crippen molar-refractivity contribution in [3.63, 3.8) is 0 Å². The Bertz CT molecular complexity index is 1020. The van der Waals surface area contributed by atoms with Gasteiger partial charge in [-0.2, -0.15) is 0 Å². The van der Waals surface area contributed by atoms with E-state index >= 15 is 0 Å². The highest BCUT2D eigenvalue weighted by atomic mass is 16.5. The van der Waals surface area contributed by atoms with E-state index in [9.17, 15) is 14.4 Å². The number of rotatable bonds is 9. The minimum atomic E-state index is -0.554. The third kappa shape index (κ3) is 5.26. The van der Waals surface area contributed by atoms with Gasteiger partial charge in [0.2, 0.25) is 5.78 Å². The van der Waals surface area contributed by atoms with Gasteiger partial charge in [-0.25, -0.2) is 0 Å². The third-order valence-corrected chi connectivity index (χ3v) is 4.78. The zero-order valence-corrected chi connectivity index (χ0v) is 17.0. The molecule has 30 heavy (non-hydrogen) atoms. The second-order valence-corrected chi connectivity index (χ2v) is 6.92. The summed E-state index contributed by atoms with van der Waals surface area (Å²) in [6.45, 7) is 4.26. The number of Topliss-reactive ketones (excluding diaryl/α,β-unsaturated/α-hetero) is 1. The van der Waals surface area contributed by atoms with Crippen molar-refractivity contribution in [2.45, 2.75) is 26.8 Å². The summed E-state index contributed by atoms with van der Waals surface area (Å²) in [7, 11) is 0. The smallest absolute Gasteiger partial charge is 0.308 e. The van der Waals surface area contributed by atoms with Crippen LogP contribution in [0.3, 0.4) is 0 Å². The number of nitrogens with zero attached hydrogens (tertiary/aromatic N) is 1. The fourth-order valence-electron chi connectivity index (χ4n) is 3.16. The first-order valence-corrected chi connectivity index (χ1v) is 9.67. The summed E-state index contributed by atoms with van der Waals surface area (Å²) in [6.07, 6.45) is 1.36. The highest BCUT2D eigenvalue weighted by Gasteiger charge is 2.18. The van der Waals surface area contributed by atoms with Crippen LogP contribution >= 0.6 is 0 Å². The van der Waals surface area contributed by atoms with Crippen molar-refractivity contribution in [3.05, 3.63) is 83.1 Å². The molecule has 0 radical (unpaired) electrons. The number of hydrogen-bond donors (Lipinski definition) is 1. The summed E-state index contributed by atoms with van der Waals surface area (Å²) in [5, 5.41) is 2.56. The van der Waals surface area contributed by atoms with Crippen molar-refractivity contribution in [1.29, 1.82) is 0 Å². The molecule has 2 heterocycles. The normalized spacial score (nSPS) is 10.6. The number of amides is 1. The lowest BCUT2D eigenvalue weighted by Gasteiger charge is -2.10. The van der Waals surface area contributed by atoms with Crippen molar-refractivity contribution in [1.82, 2.24) is 9.88 Å². The lowest BCUT2D eigenvalue weighted by Crippen LogP contribution is -2.26.